The number of rotatable bonds is 2. The summed E-state index contributed by atoms with van der Waals surface area (Å²) < 4.78 is 0. The first kappa shape index (κ1) is 12.4. The van der Waals surface area contributed by atoms with Gasteiger partial charge in [-0.15, -0.1) is 0 Å². The second-order valence-corrected chi connectivity index (χ2v) is 5.38. The van der Waals surface area contributed by atoms with E-state index >= 15 is 0 Å². The monoisotopic (exact) mass is 253 g/mol. The Morgan fingerprint density at radius 1 is 1.21 bits per heavy atom. The van der Waals surface area contributed by atoms with Gasteiger partial charge in [0.25, 0.3) is 0 Å². The van der Waals surface area contributed by atoms with E-state index in [9.17, 15) is 5.11 Å². The molecule has 1 N–H and O–H groups in total. The van der Waals surface area contributed by atoms with Gasteiger partial charge in [-0.05, 0) is 48.9 Å². The third kappa shape index (κ3) is 2.41. The van der Waals surface area contributed by atoms with E-state index in [0.717, 1.165) is 30.5 Å². The normalized spacial score (nSPS) is 19.8. The lowest BCUT2D eigenvalue weighted by Crippen LogP contribution is -2.17. The molecule has 0 saturated heterocycles. The second kappa shape index (κ2) is 5.14. The molecule has 0 saturated carbocycles. The van der Waals surface area contributed by atoms with Gasteiger partial charge in [0, 0.05) is 17.8 Å². The van der Waals surface area contributed by atoms with Gasteiger partial charge >= 0.3 is 0 Å². The number of fused-ring (bicyclic) bond motifs is 1. The molecule has 0 fully saturated rings. The molecule has 0 aliphatic heterocycles. The highest BCUT2D eigenvalue weighted by atomic mass is 16.3. The maximum Gasteiger partial charge on any atom is 0.0873 e. The van der Waals surface area contributed by atoms with Crippen molar-refractivity contribution in [3.05, 3.63) is 65.0 Å². The molecule has 3 rings (SSSR count). The molecule has 0 bridgehead atoms. The summed E-state index contributed by atoms with van der Waals surface area (Å²) in [7, 11) is 0. The molecular formula is C17H19NO. The van der Waals surface area contributed by atoms with Crippen LogP contribution in [0.1, 0.15) is 47.2 Å². The SMILES string of the molecule is Cc1ccc(C(O)C2CCCc3ccccc32)cn1. The van der Waals surface area contributed by atoms with Crippen molar-refractivity contribution in [3.8, 4) is 0 Å². The Morgan fingerprint density at radius 3 is 2.84 bits per heavy atom. The van der Waals surface area contributed by atoms with Gasteiger partial charge in [-0.3, -0.25) is 4.98 Å². The van der Waals surface area contributed by atoms with Crippen LogP contribution in [0.4, 0.5) is 0 Å². The fourth-order valence-electron chi connectivity index (χ4n) is 3.01. The average Bonchev–Trinajstić information content (AvgIpc) is 2.47. The van der Waals surface area contributed by atoms with Crippen LogP contribution in [0.15, 0.2) is 42.6 Å². The summed E-state index contributed by atoms with van der Waals surface area (Å²) in [6, 6.07) is 12.4. The molecule has 2 unspecified atom stereocenters. The third-order valence-corrected chi connectivity index (χ3v) is 4.07. The number of benzene rings is 1. The van der Waals surface area contributed by atoms with Crippen molar-refractivity contribution in [2.45, 2.75) is 38.2 Å². The van der Waals surface area contributed by atoms with Gasteiger partial charge in [0.05, 0.1) is 6.10 Å². The van der Waals surface area contributed by atoms with Crippen LogP contribution in [0.2, 0.25) is 0 Å². The van der Waals surface area contributed by atoms with Gasteiger partial charge in [-0.25, -0.2) is 0 Å². The van der Waals surface area contributed by atoms with E-state index in [1.807, 2.05) is 19.1 Å². The predicted molar refractivity (Wildman–Crippen MR) is 76.1 cm³/mol. The summed E-state index contributed by atoms with van der Waals surface area (Å²) in [5.74, 6) is 0.203. The Morgan fingerprint density at radius 2 is 2.05 bits per heavy atom. The molecule has 2 nitrogen and oxygen atoms in total. The third-order valence-electron chi connectivity index (χ3n) is 4.07. The van der Waals surface area contributed by atoms with Crippen molar-refractivity contribution in [2.24, 2.45) is 0 Å². The van der Waals surface area contributed by atoms with E-state index in [0.29, 0.717) is 0 Å². The molecule has 2 heteroatoms. The molecule has 2 atom stereocenters. The minimum Gasteiger partial charge on any atom is -0.388 e. The number of aryl methyl sites for hydroxylation is 2. The molecule has 0 radical (unpaired) electrons. The summed E-state index contributed by atoms with van der Waals surface area (Å²) >= 11 is 0. The molecule has 1 aromatic heterocycles. The summed E-state index contributed by atoms with van der Waals surface area (Å²) in [5.41, 5.74) is 4.60. The lowest BCUT2D eigenvalue weighted by Gasteiger charge is -2.29. The smallest absolute Gasteiger partial charge is 0.0873 e. The highest BCUT2D eigenvalue weighted by molar-refractivity contribution is 5.35. The van der Waals surface area contributed by atoms with Crippen LogP contribution in [0.5, 0.6) is 0 Å². The second-order valence-electron chi connectivity index (χ2n) is 5.38. The summed E-state index contributed by atoms with van der Waals surface area (Å²) in [6.45, 7) is 1.96. The topological polar surface area (TPSA) is 33.1 Å². The minimum atomic E-state index is -0.449. The summed E-state index contributed by atoms with van der Waals surface area (Å²) in [4.78, 5) is 4.29. The van der Waals surface area contributed by atoms with Crippen molar-refractivity contribution in [1.29, 1.82) is 0 Å². The zero-order valence-corrected chi connectivity index (χ0v) is 11.2. The van der Waals surface area contributed by atoms with Gasteiger partial charge in [0.1, 0.15) is 0 Å². The first-order valence-corrected chi connectivity index (χ1v) is 6.94. The molecule has 2 aromatic rings. The quantitative estimate of drug-likeness (QED) is 0.888. The molecule has 0 amide bonds. The van der Waals surface area contributed by atoms with E-state index in [-0.39, 0.29) is 5.92 Å². The number of hydrogen-bond acceptors (Lipinski definition) is 2. The van der Waals surface area contributed by atoms with Crippen LogP contribution in [0.3, 0.4) is 0 Å². The van der Waals surface area contributed by atoms with Crippen molar-refractivity contribution >= 4 is 0 Å². The number of aliphatic hydroxyl groups excluding tert-OH is 1. The van der Waals surface area contributed by atoms with Crippen molar-refractivity contribution < 1.29 is 5.11 Å². The Balaban J connectivity index is 1.92. The summed E-state index contributed by atoms with van der Waals surface area (Å²) in [5, 5.41) is 10.6. The number of nitrogens with zero attached hydrogens (tertiary/aromatic N) is 1. The van der Waals surface area contributed by atoms with E-state index in [4.69, 9.17) is 0 Å². The minimum absolute atomic E-state index is 0.203. The van der Waals surface area contributed by atoms with Crippen molar-refractivity contribution in [1.82, 2.24) is 4.98 Å². The van der Waals surface area contributed by atoms with E-state index in [2.05, 4.69) is 29.2 Å². The van der Waals surface area contributed by atoms with Crippen LogP contribution < -0.4 is 0 Å². The standard InChI is InChI=1S/C17H19NO/c1-12-9-10-14(11-18-12)17(19)16-8-4-6-13-5-2-3-7-15(13)16/h2-3,5,7,9-11,16-17,19H,4,6,8H2,1H3. The molecule has 1 aliphatic carbocycles. The zero-order valence-electron chi connectivity index (χ0n) is 11.2. The maximum absolute atomic E-state index is 10.6. The Kier molecular flexibility index (Phi) is 3.34. The first-order valence-electron chi connectivity index (χ1n) is 6.94. The highest BCUT2D eigenvalue weighted by Crippen LogP contribution is 2.39. The first-order chi connectivity index (χ1) is 9.25. The Labute approximate surface area is 114 Å². The molecule has 0 spiro atoms. The van der Waals surface area contributed by atoms with E-state index < -0.39 is 6.10 Å². The highest BCUT2D eigenvalue weighted by Gasteiger charge is 2.27. The van der Waals surface area contributed by atoms with E-state index in [1.54, 1.807) is 6.20 Å². The van der Waals surface area contributed by atoms with Gasteiger partial charge < -0.3 is 5.11 Å². The molecule has 1 aromatic carbocycles. The van der Waals surface area contributed by atoms with Gasteiger partial charge in [0.2, 0.25) is 0 Å². The lowest BCUT2D eigenvalue weighted by atomic mass is 9.78. The van der Waals surface area contributed by atoms with Crippen LogP contribution in [0, 0.1) is 6.92 Å². The van der Waals surface area contributed by atoms with E-state index in [1.165, 1.54) is 11.1 Å². The lowest BCUT2D eigenvalue weighted by molar-refractivity contribution is 0.135. The van der Waals surface area contributed by atoms with Gasteiger partial charge in [-0.1, -0.05) is 30.3 Å². The van der Waals surface area contributed by atoms with Crippen molar-refractivity contribution in [2.75, 3.05) is 0 Å². The van der Waals surface area contributed by atoms with Crippen LogP contribution in [-0.2, 0) is 6.42 Å². The number of aromatic nitrogens is 1. The number of aliphatic hydroxyl groups is 1. The molecule has 98 valence electrons. The molecule has 1 aliphatic rings. The van der Waals surface area contributed by atoms with Gasteiger partial charge in [0.15, 0.2) is 0 Å². The van der Waals surface area contributed by atoms with Crippen LogP contribution >= 0.6 is 0 Å². The summed E-state index contributed by atoms with van der Waals surface area (Å²) in [6.07, 6.45) is 4.68. The largest absolute Gasteiger partial charge is 0.388 e. The maximum atomic E-state index is 10.6. The molecular weight excluding hydrogens is 234 g/mol. The number of hydrogen-bond donors (Lipinski definition) is 1. The van der Waals surface area contributed by atoms with Gasteiger partial charge in [-0.2, -0.15) is 0 Å². The zero-order chi connectivity index (χ0) is 13.2. The Bertz CT molecular complexity index is 562. The molecule has 19 heavy (non-hydrogen) atoms. The van der Waals surface area contributed by atoms with Crippen molar-refractivity contribution in [3.63, 3.8) is 0 Å². The molecule has 1 heterocycles. The Hall–Kier alpha value is -1.67. The number of pyridine rings is 1. The van der Waals surface area contributed by atoms with Crippen LogP contribution in [-0.4, -0.2) is 10.1 Å². The van der Waals surface area contributed by atoms with Crippen LogP contribution in [0.25, 0.3) is 0 Å². The fraction of sp³-hybridized carbons (Fsp3) is 0.353. The predicted octanol–water partition coefficient (Wildman–Crippen LogP) is 3.54. The fourth-order valence-corrected chi connectivity index (χ4v) is 3.01. The average molecular weight is 253 g/mol.